The molecule has 7 nitrogen and oxygen atoms in total. The summed E-state index contributed by atoms with van der Waals surface area (Å²) in [7, 11) is -0.276. The standard InChI is InChI=1S/C12H26N4O3S/c1-11(2)9-13-12(17)10-15-5-7-16(8-6-15)20(18,19)14(3)4/h11H,5-10H2,1-4H3,(H,13,17). The largest absolute Gasteiger partial charge is 0.355 e. The van der Waals surface area contributed by atoms with Gasteiger partial charge in [0.1, 0.15) is 0 Å². The van der Waals surface area contributed by atoms with Gasteiger partial charge >= 0.3 is 0 Å². The van der Waals surface area contributed by atoms with E-state index in [0.717, 1.165) is 0 Å². The molecule has 1 aliphatic rings. The minimum atomic E-state index is -3.33. The van der Waals surface area contributed by atoms with Gasteiger partial charge in [-0.05, 0) is 5.92 Å². The second-order valence-electron chi connectivity index (χ2n) is 5.66. The lowest BCUT2D eigenvalue weighted by Gasteiger charge is -2.34. The van der Waals surface area contributed by atoms with Crippen LogP contribution < -0.4 is 5.32 Å². The van der Waals surface area contributed by atoms with Gasteiger partial charge in [-0.25, -0.2) is 0 Å². The first-order valence-corrected chi connectivity index (χ1v) is 8.30. The molecule has 0 atom stereocenters. The zero-order chi connectivity index (χ0) is 15.3. The first kappa shape index (κ1) is 17.4. The molecule has 1 amide bonds. The fraction of sp³-hybridized carbons (Fsp3) is 0.917. The maximum Gasteiger partial charge on any atom is 0.281 e. The summed E-state index contributed by atoms with van der Waals surface area (Å²) >= 11 is 0. The number of carbonyl (C=O) groups is 1. The highest BCUT2D eigenvalue weighted by Gasteiger charge is 2.28. The van der Waals surface area contributed by atoms with Crippen molar-refractivity contribution in [3.63, 3.8) is 0 Å². The molecule has 0 aromatic carbocycles. The lowest BCUT2D eigenvalue weighted by atomic mass is 10.2. The molecule has 0 aliphatic carbocycles. The van der Waals surface area contributed by atoms with Crippen LogP contribution in [0.5, 0.6) is 0 Å². The second kappa shape index (κ2) is 7.35. The van der Waals surface area contributed by atoms with E-state index in [-0.39, 0.29) is 5.91 Å². The van der Waals surface area contributed by atoms with Gasteiger partial charge in [0.2, 0.25) is 5.91 Å². The fourth-order valence-corrected chi connectivity index (χ4v) is 3.01. The molecule has 1 heterocycles. The molecule has 0 bridgehead atoms. The molecule has 0 aromatic heterocycles. The lowest BCUT2D eigenvalue weighted by molar-refractivity contribution is -0.122. The molecule has 1 saturated heterocycles. The predicted octanol–water partition coefficient (Wildman–Crippen LogP) is -0.817. The lowest BCUT2D eigenvalue weighted by Crippen LogP contribution is -2.53. The van der Waals surface area contributed by atoms with Crippen LogP contribution in [-0.4, -0.2) is 81.2 Å². The van der Waals surface area contributed by atoms with Gasteiger partial charge in [0.25, 0.3) is 10.2 Å². The van der Waals surface area contributed by atoms with Crippen molar-refractivity contribution in [3.05, 3.63) is 0 Å². The highest BCUT2D eigenvalue weighted by Crippen LogP contribution is 2.09. The average molecular weight is 306 g/mol. The van der Waals surface area contributed by atoms with Crippen LogP contribution in [-0.2, 0) is 15.0 Å². The van der Waals surface area contributed by atoms with Crippen LogP contribution in [0.4, 0.5) is 0 Å². The van der Waals surface area contributed by atoms with Crippen molar-refractivity contribution < 1.29 is 13.2 Å². The molecule has 0 unspecified atom stereocenters. The number of hydrogen-bond donors (Lipinski definition) is 1. The molecule has 0 aromatic rings. The van der Waals surface area contributed by atoms with Crippen LogP contribution in [0.3, 0.4) is 0 Å². The third-order valence-electron chi connectivity index (χ3n) is 3.19. The van der Waals surface area contributed by atoms with Gasteiger partial charge in [0.05, 0.1) is 6.54 Å². The highest BCUT2D eigenvalue weighted by molar-refractivity contribution is 7.86. The molecule has 0 saturated carbocycles. The Morgan fingerprint density at radius 2 is 1.75 bits per heavy atom. The Hall–Kier alpha value is -0.700. The van der Waals surface area contributed by atoms with E-state index < -0.39 is 10.2 Å². The summed E-state index contributed by atoms with van der Waals surface area (Å²) in [6, 6.07) is 0. The number of nitrogens with zero attached hydrogens (tertiary/aromatic N) is 3. The number of rotatable bonds is 6. The average Bonchev–Trinajstić information content (AvgIpc) is 2.37. The topological polar surface area (TPSA) is 73.0 Å². The molecular formula is C12H26N4O3S. The molecular weight excluding hydrogens is 280 g/mol. The molecule has 1 rings (SSSR count). The predicted molar refractivity (Wildman–Crippen MR) is 78.5 cm³/mol. The van der Waals surface area contributed by atoms with E-state index in [1.807, 2.05) is 18.7 Å². The van der Waals surface area contributed by atoms with Crippen LogP contribution >= 0.6 is 0 Å². The van der Waals surface area contributed by atoms with Crippen molar-refractivity contribution in [2.45, 2.75) is 13.8 Å². The van der Waals surface area contributed by atoms with E-state index in [2.05, 4.69) is 5.32 Å². The molecule has 0 spiro atoms. The first-order valence-electron chi connectivity index (χ1n) is 6.90. The van der Waals surface area contributed by atoms with Gasteiger partial charge in [-0.1, -0.05) is 13.8 Å². The van der Waals surface area contributed by atoms with E-state index in [0.29, 0.717) is 45.2 Å². The van der Waals surface area contributed by atoms with Crippen LogP contribution in [0.1, 0.15) is 13.8 Å². The van der Waals surface area contributed by atoms with Gasteiger partial charge in [-0.3, -0.25) is 9.69 Å². The summed E-state index contributed by atoms with van der Waals surface area (Å²) < 4.78 is 26.6. The van der Waals surface area contributed by atoms with E-state index in [9.17, 15) is 13.2 Å². The molecule has 0 radical (unpaired) electrons. The normalized spacial score (nSPS) is 18.7. The van der Waals surface area contributed by atoms with Crippen molar-refractivity contribution >= 4 is 16.1 Å². The molecule has 1 fully saturated rings. The first-order chi connectivity index (χ1) is 9.23. The van der Waals surface area contributed by atoms with Crippen LogP contribution in [0.2, 0.25) is 0 Å². The smallest absolute Gasteiger partial charge is 0.281 e. The van der Waals surface area contributed by atoms with Crippen molar-refractivity contribution in [1.29, 1.82) is 0 Å². The van der Waals surface area contributed by atoms with Gasteiger partial charge < -0.3 is 5.32 Å². The van der Waals surface area contributed by atoms with Crippen molar-refractivity contribution in [2.24, 2.45) is 5.92 Å². The number of carbonyl (C=O) groups excluding carboxylic acids is 1. The minimum Gasteiger partial charge on any atom is -0.355 e. The van der Waals surface area contributed by atoms with Crippen molar-refractivity contribution in [3.8, 4) is 0 Å². The Balaban J connectivity index is 2.38. The number of nitrogens with one attached hydrogen (secondary N) is 1. The zero-order valence-electron chi connectivity index (χ0n) is 12.8. The van der Waals surface area contributed by atoms with E-state index in [1.165, 1.54) is 22.7 Å². The maximum absolute atomic E-state index is 11.9. The monoisotopic (exact) mass is 306 g/mol. The van der Waals surface area contributed by atoms with Gasteiger partial charge in [0.15, 0.2) is 0 Å². The van der Waals surface area contributed by atoms with Gasteiger partial charge in [0, 0.05) is 46.8 Å². The van der Waals surface area contributed by atoms with E-state index in [1.54, 1.807) is 0 Å². The third kappa shape index (κ3) is 5.01. The zero-order valence-corrected chi connectivity index (χ0v) is 13.6. The number of hydrogen-bond acceptors (Lipinski definition) is 4. The Morgan fingerprint density at radius 3 is 2.20 bits per heavy atom. The van der Waals surface area contributed by atoms with Gasteiger partial charge in [-0.15, -0.1) is 0 Å². The maximum atomic E-state index is 11.9. The number of piperazine rings is 1. The highest BCUT2D eigenvalue weighted by atomic mass is 32.2. The van der Waals surface area contributed by atoms with Crippen molar-refractivity contribution in [1.82, 2.24) is 18.8 Å². The minimum absolute atomic E-state index is 0.00242. The Kier molecular flexibility index (Phi) is 6.38. The van der Waals surface area contributed by atoms with Crippen LogP contribution in [0.25, 0.3) is 0 Å². The van der Waals surface area contributed by atoms with E-state index in [4.69, 9.17) is 0 Å². The molecule has 118 valence electrons. The van der Waals surface area contributed by atoms with Crippen molar-refractivity contribution in [2.75, 3.05) is 53.4 Å². The Morgan fingerprint density at radius 1 is 1.20 bits per heavy atom. The number of amides is 1. The quantitative estimate of drug-likeness (QED) is 0.696. The molecule has 8 heteroatoms. The summed E-state index contributed by atoms with van der Waals surface area (Å²) in [6.07, 6.45) is 0. The van der Waals surface area contributed by atoms with E-state index >= 15 is 0 Å². The summed E-state index contributed by atoms with van der Waals surface area (Å²) in [5.74, 6) is 0.434. The van der Waals surface area contributed by atoms with Crippen LogP contribution in [0.15, 0.2) is 0 Å². The summed E-state index contributed by atoms with van der Waals surface area (Å²) in [6.45, 7) is 7.13. The fourth-order valence-electron chi connectivity index (χ4n) is 1.93. The molecule has 1 aliphatic heterocycles. The second-order valence-corrected chi connectivity index (χ2v) is 7.81. The van der Waals surface area contributed by atoms with Gasteiger partial charge in [-0.2, -0.15) is 17.0 Å². The summed E-state index contributed by atoms with van der Waals surface area (Å²) in [5, 5.41) is 2.87. The van der Waals surface area contributed by atoms with Crippen LogP contribution in [0, 0.1) is 5.92 Å². The Bertz CT molecular complexity index is 414. The Labute approximate surface area is 122 Å². The molecule has 1 N–H and O–H groups in total. The SMILES string of the molecule is CC(C)CNC(=O)CN1CCN(S(=O)(=O)N(C)C)CC1. The third-order valence-corrected chi connectivity index (χ3v) is 5.13. The molecule has 20 heavy (non-hydrogen) atoms. The summed E-state index contributed by atoms with van der Waals surface area (Å²) in [5.41, 5.74) is 0. The summed E-state index contributed by atoms with van der Waals surface area (Å²) in [4.78, 5) is 13.7.